The maximum atomic E-state index is 14.3. The fourth-order valence-electron chi connectivity index (χ4n) is 6.48. The van der Waals surface area contributed by atoms with E-state index in [1.165, 1.54) is 9.47 Å². The lowest BCUT2D eigenvalue weighted by Crippen LogP contribution is -2.52. The molecule has 2 aliphatic heterocycles. The highest BCUT2D eigenvalue weighted by Gasteiger charge is 2.53. The monoisotopic (exact) mass is 670 g/mol. The highest BCUT2D eigenvalue weighted by Crippen LogP contribution is 2.48. The smallest absolute Gasteiger partial charge is 0.306 e. The average Bonchev–Trinajstić information content (AvgIpc) is 3.14. The quantitative estimate of drug-likeness (QED) is 0.182. The number of fused-ring (bicyclic) bond motifs is 4. The number of hydrogen-bond acceptors (Lipinski definition) is 8. The van der Waals surface area contributed by atoms with E-state index in [-0.39, 0.29) is 38.3 Å². The van der Waals surface area contributed by atoms with Gasteiger partial charge in [-0.1, -0.05) is 30.3 Å². The summed E-state index contributed by atoms with van der Waals surface area (Å²) in [4.78, 5) is 67.6. The van der Waals surface area contributed by atoms with Gasteiger partial charge in [-0.15, -0.1) is 0 Å². The molecule has 5 rings (SSSR count). The normalized spacial score (nSPS) is 20.0. The van der Waals surface area contributed by atoms with Crippen LogP contribution in [0, 0.1) is 33.0 Å². The maximum absolute atomic E-state index is 14.3. The molecule has 0 saturated carbocycles. The van der Waals surface area contributed by atoms with Gasteiger partial charge in [0.2, 0.25) is 12.0 Å². The second kappa shape index (κ2) is 13.9. The van der Waals surface area contributed by atoms with Gasteiger partial charge in [0.05, 0.1) is 24.5 Å². The molecule has 1 N–H and O–H groups in total. The van der Waals surface area contributed by atoms with E-state index < -0.39 is 99.5 Å². The van der Waals surface area contributed by atoms with Gasteiger partial charge in [-0.05, 0) is 32.3 Å². The first-order valence-electron chi connectivity index (χ1n) is 15.3. The fraction of sp³-hybridized carbons (Fsp3) is 0.394. The van der Waals surface area contributed by atoms with Crippen molar-refractivity contribution in [1.82, 2.24) is 14.8 Å². The highest BCUT2D eigenvalue weighted by atomic mass is 19.1. The van der Waals surface area contributed by atoms with Gasteiger partial charge >= 0.3 is 5.97 Å². The molecule has 2 aromatic carbocycles. The van der Waals surface area contributed by atoms with E-state index in [1.807, 2.05) is 0 Å². The van der Waals surface area contributed by atoms with Crippen LogP contribution in [0.2, 0.25) is 0 Å². The van der Waals surface area contributed by atoms with Crippen molar-refractivity contribution in [1.29, 1.82) is 0 Å². The van der Waals surface area contributed by atoms with Crippen molar-refractivity contribution in [2.75, 3.05) is 19.7 Å². The van der Waals surface area contributed by atoms with Crippen LogP contribution in [0.5, 0.6) is 5.75 Å². The number of carbonyl (C=O) groups excluding carboxylic acids is 3. The lowest BCUT2D eigenvalue weighted by atomic mass is 9.73. The molecule has 1 aromatic heterocycles. The number of hydrogen-bond donors (Lipinski definition) is 1. The number of rotatable bonds is 11. The second-order valence-corrected chi connectivity index (χ2v) is 12.0. The fourth-order valence-corrected chi connectivity index (χ4v) is 6.48. The number of nitrogens with zero attached hydrogens (tertiary/aromatic N) is 3. The first-order chi connectivity index (χ1) is 22.8. The summed E-state index contributed by atoms with van der Waals surface area (Å²) in [6.07, 6.45) is 1.09. The number of benzene rings is 2. The van der Waals surface area contributed by atoms with E-state index >= 15 is 0 Å². The summed E-state index contributed by atoms with van der Waals surface area (Å²) in [5.41, 5.74) is -3.33. The van der Waals surface area contributed by atoms with Crippen molar-refractivity contribution < 1.29 is 42.0 Å². The standard InChI is InChI=1S/C33H33F3N4O8/c1-3-47-27(41)13-33(18-40(45)46)10-9-19(2)38-16-26(33)39-15-23(31(43)37-14-22-24(35)11-21(34)12-25(22)36)29(42)30(28(39)32(38)44)48-17-20-7-5-4-6-8-20/h4-8,11-12,15,19,26H,3,9-10,13-14,16-18H2,1-2H3,(H,37,43)/t19?,26-,33?/m1/s1. The molecule has 3 aromatic rings. The largest absolute Gasteiger partial charge is 0.483 e. The molecule has 1 fully saturated rings. The number of halogens is 3. The Bertz CT molecular complexity index is 1800. The molecule has 2 amide bonds. The molecule has 12 nitrogen and oxygen atoms in total. The number of pyridine rings is 1. The van der Waals surface area contributed by atoms with Crippen LogP contribution in [-0.4, -0.2) is 57.9 Å². The number of aromatic nitrogens is 1. The third-order valence-electron chi connectivity index (χ3n) is 8.91. The zero-order valence-electron chi connectivity index (χ0n) is 26.2. The Morgan fingerprint density at radius 1 is 1.12 bits per heavy atom. The Balaban J connectivity index is 1.67. The number of esters is 1. The summed E-state index contributed by atoms with van der Waals surface area (Å²) < 4.78 is 54.6. The third-order valence-corrected chi connectivity index (χ3v) is 8.91. The van der Waals surface area contributed by atoms with Gasteiger partial charge < -0.3 is 24.3 Å². The molecule has 254 valence electrons. The second-order valence-electron chi connectivity index (χ2n) is 12.0. The average molecular weight is 671 g/mol. The van der Waals surface area contributed by atoms with Gasteiger partial charge in [0.1, 0.15) is 29.6 Å². The lowest BCUT2D eigenvalue weighted by Gasteiger charge is -2.43. The molecule has 0 aliphatic carbocycles. The number of amides is 2. The van der Waals surface area contributed by atoms with E-state index in [4.69, 9.17) is 9.47 Å². The SMILES string of the molecule is CCOC(=O)CC1(C[N+](=O)[O-])CCC(C)N2C[C@H]1n1cc(C(=O)NCc3c(F)cc(F)cc3F)c(=O)c(OCc3ccccc3)c1C2=O. The third kappa shape index (κ3) is 6.75. The zero-order valence-corrected chi connectivity index (χ0v) is 26.2. The Hall–Kier alpha value is -5.21. The van der Waals surface area contributed by atoms with Crippen molar-refractivity contribution in [3.8, 4) is 5.75 Å². The van der Waals surface area contributed by atoms with E-state index in [0.717, 1.165) is 6.20 Å². The van der Waals surface area contributed by atoms with Crippen LogP contribution < -0.4 is 15.5 Å². The summed E-state index contributed by atoms with van der Waals surface area (Å²) in [6, 6.07) is 8.09. The minimum atomic E-state index is -1.42. The van der Waals surface area contributed by atoms with E-state index in [9.17, 15) is 42.5 Å². The molecule has 2 unspecified atom stereocenters. The summed E-state index contributed by atoms with van der Waals surface area (Å²) in [6.45, 7) is 1.64. The van der Waals surface area contributed by atoms with Gasteiger partial charge in [0.25, 0.3) is 11.8 Å². The Morgan fingerprint density at radius 3 is 2.46 bits per heavy atom. The van der Waals surface area contributed by atoms with Crippen molar-refractivity contribution in [3.05, 3.63) is 109 Å². The minimum absolute atomic E-state index is 0.0272. The van der Waals surface area contributed by atoms with Crippen LogP contribution in [0.3, 0.4) is 0 Å². The van der Waals surface area contributed by atoms with Crippen molar-refractivity contribution >= 4 is 17.8 Å². The zero-order chi connectivity index (χ0) is 34.7. The van der Waals surface area contributed by atoms with Crippen molar-refractivity contribution in [2.24, 2.45) is 5.41 Å². The summed E-state index contributed by atoms with van der Waals surface area (Å²) in [5, 5.41) is 14.4. The maximum Gasteiger partial charge on any atom is 0.306 e. The molecule has 0 radical (unpaired) electrons. The van der Waals surface area contributed by atoms with Crippen LogP contribution in [-0.2, 0) is 22.7 Å². The van der Waals surface area contributed by atoms with Crippen molar-refractivity contribution in [2.45, 2.75) is 58.3 Å². The summed E-state index contributed by atoms with van der Waals surface area (Å²) in [5.74, 6) is -6.61. The Labute approximate surface area is 272 Å². The first kappa shape index (κ1) is 34.1. The van der Waals surface area contributed by atoms with Gasteiger partial charge in [-0.2, -0.15) is 0 Å². The Morgan fingerprint density at radius 2 is 1.81 bits per heavy atom. The minimum Gasteiger partial charge on any atom is -0.483 e. The number of ether oxygens (including phenoxy) is 2. The van der Waals surface area contributed by atoms with E-state index in [1.54, 1.807) is 44.2 Å². The van der Waals surface area contributed by atoms with E-state index in [2.05, 4.69) is 5.32 Å². The number of carbonyl (C=O) groups is 3. The van der Waals surface area contributed by atoms with Crippen LogP contribution >= 0.6 is 0 Å². The van der Waals surface area contributed by atoms with Crippen LogP contribution in [0.25, 0.3) is 0 Å². The predicted octanol–water partition coefficient (Wildman–Crippen LogP) is 4.17. The van der Waals surface area contributed by atoms with Crippen LogP contribution in [0.1, 0.15) is 71.1 Å². The van der Waals surface area contributed by atoms with Crippen LogP contribution in [0.15, 0.2) is 53.5 Å². The lowest BCUT2D eigenvalue weighted by molar-refractivity contribution is -0.500. The van der Waals surface area contributed by atoms with Gasteiger partial charge in [0.15, 0.2) is 11.4 Å². The molecule has 0 spiro atoms. The summed E-state index contributed by atoms with van der Waals surface area (Å²) in [7, 11) is 0. The molecular formula is C33H33F3N4O8. The molecule has 2 bridgehead atoms. The molecule has 3 heterocycles. The highest BCUT2D eigenvalue weighted by molar-refractivity contribution is 5.99. The molecule has 15 heteroatoms. The Kier molecular flexibility index (Phi) is 9.87. The van der Waals surface area contributed by atoms with Gasteiger partial charge in [-0.3, -0.25) is 29.3 Å². The summed E-state index contributed by atoms with van der Waals surface area (Å²) >= 11 is 0. The van der Waals surface area contributed by atoms with Crippen LogP contribution in [0.4, 0.5) is 13.2 Å². The predicted molar refractivity (Wildman–Crippen MR) is 163 cm³/mol. The molecule has 3 atom stereocenters. The molecule has 1 saturated heterocycles. The first-order valence-corrected chi connectivity index (χ1v) is 15.3. The number of nitrogens with one attached hydrogen (secondary N) is 1. The van der Waals surface area contributed by atoms with Gasteiger partial charge in [-0.25, -0.2) is 13.2 Å². The molecule has 2 aliphatic rings. The van der Waals surface area contributed by atoms with Crippen molar-refractivity contribution in [3.63, 3.8) is 0 Å². The number of nitro groups is 1. The molecule has 48 heavy (non-hydrogen) atoms. The van der Waals surface area contributed by atoms with Gasteiger partial charge in [0, 0.05) is 47.9 Å². The van der Waals surface area contributed by atoms with E-state index in [0.29, 0.717) is 17.7 Å². The topological polar surface area (TPSA) is 150 Å². The molecular weight excluding hydrogens is 637 g/mol.